The molecule has 1 aromatic rings. The zero-order valence-electron chi connectivity index (χ0n) is 7.49. The second-order valence-electron chi connectivity index (χ2n) is 2.65. The largest absolute Gasteiger partial charge is 0.493 e. The Kier molecular flexibility index (Phi) is 3.87. The lowest BCUT2D eigenvalue weighted by Crippen LogP contribution is -1.98. The third-order valence-corrected chi connectivity index (χ3v) is 1.67. The van der Waals surface area contributed by atoms with Gasteiger partial charge in [0.2, 0.25) is 0 Å². The molecule has 68 valence electrons. The van der Waals surface area contributed by atoms with E-state index in [1.165, 1.54) is 0 Å². The quantitative estimate of drug-likeness (QED) is 0.556. The highest BCUT2D eigenvalue weighted by Crippen LogP contribution is 2.11. The maximum Gasteiger partial charge on any atom is 0.119 e. The Labute approximate surface area is 78.7 Å². The molecule has 0 aliphatic heterocycles. The predicted molar refractivity (Wildman–Crippen MR) is 53.3 cm³/mol. The van der Waals surface area contributed by atoms with E-state index in [1.54, 1.807) is 0 Å². The summed E-state index contributed by atoms with van der Waals surface area (Å²) in [6.45, 7) is 1.13. The number of ether oxygens (including phenoxy) is 1. The van der Waals surface area contributed by atoms with Gasteiger partial charge in [-0.2, -0.15) is 0 Å². The molecular weight excluding hydrogens is 162 g/mol. The van der Waals surface area contributed by atoms with E-state index in [0.29, 0.717) is 19.6 Å². The average Bonchev–Trinajstić information content (AvgIpc) is 2.19. The molecule has 1 rings (SSSR count). The van der Waals surface area contributed by atoms with Gasteiger partial charge in [0.05, 0.1) is 6.61 Å². The van der Waals surface area contributed by atoms with Gasteiger partial charge in [-0.3, -0.25) is 0 Å². The fraction of sp³-hybridized carbons (Fsp3) is 0.273. The summed E-state index contributed by atoms with van der Waals surface area (Å²) in [5.41, 5.74) is 6.56. The maximum absolute atomic E-state index is 5.45. The second kappa shape index (κ2) is 5.23. The Morgan fingerprint density at radius 3 is 2.54 bits per heavy atom. The molecule has 0 atom stereocenters. The molecule has 1 aromatic carbocycles. The highest BCUT2D eigenvalue weighted by Gasteiger charge is 1.92. The molecule has 0 bridgehead atoms. The minimum Gasteiger partial charge on any atom is -0.493 e. The lowest BCUT2D eigenvalue weighted by molar-refractivity contribution is 0.327. The summed E-state index contributed by atoms with van der Waals surface area (Å²) in [5.74, 6) is 3.36. The molecule has 13 heavy (non-hydrogen) atoms. The van der Waals surface area contributed by atoms with Crippen molar-refractivity contribution in [3.63, 3.8) is 0 Å². The van der Waals surface area contributed by atoms with Gasteiger partial charge in [0, 0.05) is 13.0 Å². The molecule has 0 spiro atoms. The van der Waals surface area contributed by atoms with E-state index >= 15 is 0 Å². The van der Waals surface area contributed by atoms with Crippen LogP contribution in [0.5, 0.6) is 5.75 Å². The van der Waals surface area contributed by atoms with Crippen LogP contribution in [0.15, 0.2) is 24.3 Å². The summed E-state index contributed by atoms with van der Waals surface area (Å²) < 4.78 is 5.36. The van der Waals surface area contributed by atoms with E-state index in [9.17, 15) is 0 Å². The highest BCUT2D eigenvalue weighted by molar-refractivity contribution is 5.27. The van der Waals surface area contributed by atoms with Crippen molar-refractivity contribution >= 4 is 0 Å². The van der Waals surface area contributed by atoms with Gasteiger partial charge >= 0.3 is 0 Å². The van der Waals surface area contributed by atoms with Crippen molar-refractivity contribution < 1.29 is 4.74 Å². The van der Waals surface area contributed by atoms with Crippen LogP contribution in [0.25, 0.3) is 0 Å². The first kappa shape index (κ1) is 9.63. The van der Waals surface area contributed by atoms with Crippen LogP contribution in [-0.4, -0.2) is 6.61 Å². The second-order valence-corrected chi connectivity index (χ2v) is 2.65. The van der Waals surface area contributed by atoms with Crippen LogP contribution in [0.3, 0.4) is 0 Å². The van der Waals surface area contributed by atoms with Crippen LogP contribution in [-0.2, 0) is 6.54 Å². The fourth-order valence-electron chi connectivity index (χ4n) is 0.950. The molecule has 0 amide bonds. The first-order valence-electron chi connectivity index (χ1n) is 4.22. The molecule has 0 fully saturated rings. The topological polar surface area (TPSA) is 35.2 Å². The molecule has 0 aromatic heterocycles. The zero-order chi connectivity index (χ0) is 9.52. The van der Waals surface area contributed by atoms with Crippen LogP contribution < -0.4 is 10.5 Å². The predicted octanol–water partition coefficient (Wildman–Crippen LogP) is 1.55. The summed E-state index contributed by atoms with van der Waals surface area (Å²) in [6.07, 6.45) is 5.73. The SMILES string of the molecule is C#CCCOc1ccc(CN)cc1. The number of rotatable bonds is 4. The van der Waals surface area contributed by atoms with E-state index in [0.717, 1.165) is 11.3 Å². The summed E-state index contributed by atoms with van der Waals surface area (Å²) in [5, 5.41) is 0. The van der Waals surface area contributed by atoms with Gasteiger partial charge in [0.15, 0.2) is 0 Å². The van der Waals surface area contributed by atoms with Crippen molar-refractivity contribution in [3.8, 4) is 18.1 Å². The molecule has 0 unspecified atom stereocenters. The van der Waals surface area contributed by atoms with E-state index in [1.807, 2.05) is 24.3 Å². The van der Waals surface area contributed by atoms with E-state index in [4.69, 9.17) is 16.9 Å². The Morgan fingerprint density at radius 2 is 2.00 bits per heavy atom. The third kappa shape index (κ3) is 3.18. The van der Waals surface area contributed by atoms with Crippen molar-refractivity contribution in [3.05, 3.63) is 29.8 Å². The Bertz CT molecular complexity index is 284. The van der Waals surface area contributed by atoms with Crippen molar-refractivity contribution in [2.45, 2.75) is 13.0 Å². The van der Waals surface area contributed by atoms with Crippen LogP contribution in [0.2, 0.25) is 0 Å². The molecule has 2 N–H and O–H groups in total. The minimum atomic E-state index is 0.560. The van der Waals surface area contributed by atoms with Crippen LogP contribution in [0, 0.1) is 12.3 Å². The van der Waals surface area contributed by atoms with Crippen molar-refractivity contribution in [1.29, 1.82) is 0 Å². The molecule has 0 aliphatic rings. The normalized spacial score (nSPS) is 9.23. The minimum absolute atomic E-state index is 0.560. The van der Waals surface area contributed by atoms with Gasteiger partial charge in [-0.15, -0.1) is 12.3 Å². The number of hydrogen-bond donors (Lipinski definition) is 1. The summed E-state index contributed by atoms with van der Waals surface area (Å²) in [7, 11) is 0. The molecule has 2 nitrogen and oxygen atoms in total. The van der Waals surface area contributed by atoms with Gasteiger partial charge in [-0.1, -0.05) is 12.1 Å². The van der Waals surface area contributed by atoms with E-state index in [-0.39, 0.29) is 0 Å². The van der Waals surface area contributed by atoms with Gasteiger partial charge < -0.3 is 10.5 Å². The van der Waals surface area contributed by atoms with Gasteiger partial charge in [0.1, 0.15) is 5.75 Å². The third-order valence-electron chi connectivity index (χ3n) is 1.67. The van der Waals surface area contributed by atoms with E-state index < -0.39 is 0 Å². The summed E-state index contributed by atoms with van der Waals surface area (Å²) in [4.78, 5) is 0. The van der Waals surface area contributed by atoms with Gasteiger partial charge in [-0.25, -0.2) is 0 Å². The van der Waals surface area contributed by atoms with Crippen molar-refractivity contribution in [1.82, 2.24) is 0 Å². The van der Waals surface area contributed by atoms with Gasteiger partial charge in [-0.05, 0) is 17.7 Å². The highest BCUT2D eigenvalue weighted by atomic mass is 16.5. The van der Waals surface area contributed by atoms with Gasteiger partial charge in [0.25, 0.3) is 0 Å². The standard InChI is InChI=1S/C11H13NO/c1-2-3-8-13-11-6-4-10(9-12)5-7-11/h1,4-7H,3,8-9,12H2. The number of nitrogens with two attached hydrogens (primary N) is 1. The number of benzene rings is 1. The Morgan fingerprint density at radius 1 is 1.31 bits per heavy atom. The first-order chi connectivity index (χ1) is 6.36. The molecular formula is C11H13NO. The summed E-state index contributed by atoms with van der Waals surface area (Å²) >= 11 is 0. The maximum atomic E-state index is 5.45. The van der Waals surface area contributed by atoms with Crippen LogP contribution in [0.1, 0.15) is 12.0 Å². The first-order valence-corrected chi connectivity index (χ1v) is 4.22. The number of terminal acetylenes is 1. The van der Waals surface area contributed by atoms with E-state index in [2.05, 4.69) is 5.92 Å². The molecule has 0 saturated carbocycles. The van der Waals surface area contributed by atoms with Crippen LogP contribution >= 0.6 is 0 Å². The fourth-order valence-corrected chi connectivity index (χ4v) is 0.950. The zero-order valence-corrected chi connectivity index (χ0v) is 7.49. The van der Waals surface area contributed by atoms with Crippen LogP contribution in [0.4, 0.5) is 0 Å². The van der Waals surface area contributed by atoms with Crippen molar-refractivity contribution in [2.75, 3.05) is 6.61 Å². The Balaban J connectivity index is 2.45. The lowest BCUT2D eigenvalue weighted by Gasteiger charge is -2.04. The average molecular weight is 175 g/mol. The summed E-state index contributed by atoms with van der Waals surface area (Å²) in [6, 6.07) is 7.70. The Hall–Kier alpha value is -1.46. The molecule has 0 aliphatic carbocycles. The number of hydrogen-bond acceptors (Lipinski definition) is 2. The lowest BCUT2D eigenvalue weighted by atomic mass is 10.2. The molecule has 0 radical (unpaired) electrons. The molecule has 0 heterocycles. The molecule has 0 saturated heterocycles. The van der Waals surface area contributed by atoms with Crippen molar-refractivity contribution in [2.24, 2.45) is 5.73 Å². The monoisotopic (exact) mass is 175 g/mol. The smallest absolute Gasteiger partial charge is 0.119 e. The molecule has 2 heteroatoms.